The van der Waals surface area contributed by atoms with E-state index in [4.69, 9.17) is 4.74 Å². The molecule has 0 fully saturated rings. The Morgan fingerprint density at radius 2 is 1.67 bits per heavy atom. The second-order valence-electron chi connectivity index (χ2n) is 7.88. The first-order chi connectivity index (χ1) is 15.8. The average Bonchev–Trinajstić information content (AvgIpc) is 3.02. The Kier molecular flexibility index (Phi) is 6.20. The molecule has 1 aliphatic rings. The lowest BCUT2D eigenvalue weighted by molar-refractivity contribution is 0.0845. The number of nitrogens with zero attached hydrogens (tertiary/aromatic N) is 1. The molecule has 0 spiro atoms. The third-order valence-corrected chi connectivity index (χ3v) is 7.30. The maximum absolute atomic E-state index is 12.7. The first-order valence-corrected chi connectivity index (χ1v) is 12.0. The fourth-order valence-electron chi connectivity index (χ4n) is 3.78. The molecule has 3 aromatic rings. The van der Waals surface area contributed by atoms with E-state index in [0.717, 1.165) is 15.4 Å². The molecule has 0 saturated carbocycles. The van der Waals surface area contributed by atoms with Gasteiger partial charge in [-0.15, -0.1) is 0 Å². The van der Waals surface area contributed by atoms with E-state index in [0.29, 0.717) is 5.75 Å². The van der Waals surface area contributed by atoms with Gasteiger partial charge in [0.15, 0.2) is 0 Å². The van der Waals surface area contributed by atoms with E-state index in [-0.39, 0.29) is 29.2 Å². The minimum atomic E-state index is -3.96. The smallest absolute Gasteiger partial charge is 0.269 e. The van der Waals surface area contributed by atoms with Crippen molar-refractivity contribution >= 4 is 21.8 Å². The highest BCUT2D eigenvalue weighted by atomic mass is 32.2. The van der Waals surface area contributed by atoms with Gasteiger partial charge in [0.2, 0.25) is 0 Å². The van der Waals surface area contributed by atoms with Gasteiger partial charge in [0.05, 0.1) is 12.1 Å². The van der Waals surface area contributed by atoms with Crippen molar-refractivity contribution in [2.24, 2.45) is 0 Å². The number of carbonyl (C=O) groups is 2. The molecule has 0 atom stereocenters. The van der Waals surface area contributed by atoms with Crippen molar-refractivity contribution in [2.75, 3.05) is 13.2 Å². The van der Waals surface area contributed by atoms with E-state index in [1.807, 2.05) is 54.6 Å². The Labute approximate surface area is 193 Å². The third-order valence-electron chi connectivity index (χ3n) is 5.30. The number of para-hydroxylation sites is 1. The van der Waals surface area contributed by atoms with Crippen molar-refractivity contribution in [2.45, 2.75) is 24.8 Å². The van der Waals surface area contributed by atoms with Gasteiger partial charge in [0.25, 0.3) is 21.8 Å². The van der Waals surface area contributed by atoms with Gasteiger partial charge < -0.3 is 10.1 Å². The zero-order chi connectivity index (χ0) is 23.6. The number of rotatable bonds is 7. The van der Waals surface area contributed by atoms with E-state index in [1.165, 1.54) is 18.2 Å². The largest absolute Gasteiger partial charge is 0.491 e. The van der Waals surface area contributed by atoms with Crippen molar-refractivity contribution in [1.82, 2.24) is 9.62 Å². The number of hydrogen-bond acceptors (Lipinski definition) is 5. The van der Waals surface area contributed by atoms with Gasteiger partial charge in [-0.05, 0) is 43.7 Å². The molecule has 170 valence electrons. The summed E-state index contributed by atoms with van der Waals surface area (Å²) >= 11 is 0. The summed E-state index contributed by atoms with van der Waals surface area (Å²) in [4.78, 5) is 24.9. The molecule has 1 aliphatic heterocycles. The van der Waals surface area contributed by atoms with E-state index in [1.54, 1.807) is 13.8 Å². The fourth-order valence-corrected chi connectivity index (χ4v) is 5.57. The number of ether oxygens (including phenoxy) is 1. The predicted molar refractivity (Wildman–Crippen MR) is 125 cm³/mol. The van der Waals surface area contributed by atoms with E-state index < -0.39 is 27.9 Å². The molecule has 0 radical (unpaired) electrons. The van der Waals surface area contributed by atoms with Crippen molar-refractivity contribution < 1.29 is 22.7 Å². The van der Waals surface area contributed by atoms with E-state index in [9.17, 15) is 18.0 Å². The number of hydrogen-bond donors (Lipinski definition) is 1. The number of carbonyl (C=O) groups excluding carboxylic acids is 2. The van der Waals surface area contributed by atoms with Gasteiger partial charge in [-0.3, -0.25) is 9.59 Å². The molecule has 7 nitrogen and oxygen atoms in total. The highest BCUT2D eigenvalue weighted by Gasteiger charge is 2.42. The summed E-state index contributed by atoms with van der Waals surface area (Å²) < 4.78 is 32.2. The van der Waals surface area contributed by atoms with Crippen LogP contribution in [0.5, 0.6) is 5.75 Å². The highest BCUT2D eigenvalue weighted by molar-refractivity contribution is 7.90. The lowest BCUT2D eigenvalue weighted by Crippen LogP contribution is -2.36. The van der Waals surface area contributed by atoms with Crippen LogP contribution < -0.4 is 10.1 Å². The van der Waals surface area contributed by atoms with Gasteiger partial charge in [-0.25, -0.2) is 12.7 Å². The number of benzene rings is 3. The summed E-state index contributed by atoms with van der Waals surface area (Å²) in [5.74, 6) is -0.310. The molecule has 1 N–H and O–H groups in total. The van der Waals surface area contributed by atoms with Crippen LogP contribution >= 0.6 is 0 Å². The summed E-state index contributed by atoms with van der Waals surface area (Å²) in [6, 6.07) is 21.1. The molecule has 2 amide bonds. The van der Waals surface area contributed by atoms with Crippen molar-refractivity contribution in [3.63, 3.8) is 0 Å². The lowest BCUT2D eigenvalue weighted by Gasteiger charge is -2.18. The van der Waals surface area contributed by atoms with Crippen LogP contribution in [-0.2, 0) is 10.0 Å². The molecule has 0 bridgehead atoms. The van der Waals surface area contributed by atoms with Crippen LogP contribution in [0.2, 0.25) is 0 Å². The quantitative estimate of drug-likeness (QED) is 0.538. The van der Waals surface area contributed by atoms with Crippen LogP contribution in [0.15, 0.2) is 77.7 Å². The molecule has 0 aromatic heterocycles. The van der Waals surface area contributed by atoms with E-state index >= 15 is 0 Å². The number of sulfonamides is 1. The maximum atomic E-state index is 12.7. The topological polar surface area (TPSA) is 92.8 Å². The van der Waals surface area contributed by atoms with Crippen molar-refractivity contribution in [1.29, 1.82) is 0 Å². The van der Waals surface area contributed by atoms with Gasteiger partial charge in [-0.2, -0.15) is 0 Å². The van der Waals surface area contributed by atoms with Gasteiger partial charge in [-0.1, -0.05) is 48.5 Å². The molecular formula is C25H24N2O5S. The average molecular weight is 465 g/mol. The Bertz CT molecular complexity index is 1300. The van der Waals surface area contributed by atoms with Crippen LogP contribution in [-0.4, -0.2) is 43.7 Å². The number of fused-ring (bicyclic) bond motifs is 1. The SMILES string of the molecule is CC(C)N1C(=O)c2ccc(C(=O)NCCOc3ccccc3-c3ccccc3)cc2S1(=O)=O. The Balaban J connectivity index is 1.41. The van der Waals surface area contributed by atoms with Gasteiger partial charge in [0.1, 0.15) is 17.3 Å². The second-order valence-corrected chi connectivity index (χ2v) is 9.66. The summed E-state index contributed by atoms with van der Waals surface area (Å²) in [6.07, 6.45) is 0. The Morgan fingerprint density at radius 1 is 0.970 bits per heavy atom. The monoisotopic (exact) mass is 464 g/mol. The lowest BCUT2D eigenvalue weighted by atomic mass is 10.1. The van der Waals surface area contributed by atoms with Crippen LogP contribution in [0.25, 0.3) is 11.1 Å². The first kappa shape index (κ1) is 22.5. The molecule has 0 unspecified atom stereocenters. The van der Waals surface area contributed by atoms with Crippen LogP contribution in [0.3, 0.4) is 0 Å². The fraction of sp³-hybridized carbons (Fsp3) is 0.200. The van der Waals surface area contributed by atoms with Crippen LogP contribution in [0.4, 0.5) is 0 Å². The third kappa shape index (κ3) is 4.34. The zero-order valence-corrected chi connectivity index (χ0v) is 19.1. The van der Waals surface area contributed by atoms with E-state index in [2.05, 4.69) is 5.32 Å². The Hall–Kier alpha value is -3.65. The predicted octanol–water partition coefficient (Wildman–Crippen LogP) is 3.72. The zero-order valence-electron chi connectivity index (χ0n) is 18.3. The van der Waals surface area contributed by atoms with Crippen LogP contribution in [0, 0.1) is 0 Å². The summed E-state index contributed by atoms with van der Waals surface area (Å²) in [6.45, 7) is 3.72. The summed E-state index contributed by atoms with van der Waals surface area (Å²) in [5.41, 5.74) is 2.23. The maximum Gasteiger partial charge on any atom is 0.269 e. The minimum Gasteiger partial charge on any atom is -0.491 e. The highest BCUT2D eigenvalue weighted by Crippen LogP contribution is 2.32. The first-order valence-electron chi connectivity index (χ1n) is 10.6. The molecular weight excluding hydrogens is 440 g/mol. The molecule has 0 aliphatic carbocycles. The standard InChI is InChI=1S/C25H24N2O5S/c1-17(2)27-25(29)21-13-12-19(16-23(21)33(27,30)31)24(28)26-14-15-32-22-11-7-6-10-20(22)18-8-4-3-5-9-18/h3-13,16-17H,14-15H2,1-2H3,(H,26,28). The summed E-state index contributed by atoms with van der Waals surface area (Å²) in [5, 5.41) is 2.73. The number of nitrogens with one attached hydrogen (secondary N) is 1. The molecule has 0 saturated heterocycles. The second kappa shape index (κ2) is 9.07. The van der Waals surface area contributed by atoms with Gasteiger partial charge >= 0.3 is 0 Å². The molecule has 1 heterocycles. The van der Waals surface area contributed by atoms with Crippen LogP contribution in [0.1, 0.15) is 34.6 Å². The van der Waals surface area contributed by atoms with Crippen molar-refractivity contribution in [3.05, 3.63) is 83.9 Å². The Morgan fingerprint density at radius 3 is 2.39 bits per heavy atom. The molecule has 3 aromatic carbocycles. The minimum absolute atomic E-state index is 0.0844. The molecule has 33 heavy (non-hydrogen) atoms. The molecule has 4 rings (SSSR count). The normalized spacial score (nSPS) is 14.3. The number of amides is 2. The molecule has 8 heteroatoms. The van der Waals surface area contributed by atoms with Crippen molar-refractivity contribution in [3.8, 4) is 16.9 Å². The van der Waals surface area contributed by atoms with Gasteiger partial charge in [0, 0.05) is 17.2 Å². The summed E-state index contributed by atoms with van der Waals surface area (Å²) in [7, 11) is -3.96.